The van der Waals surface area contributed by atoms with E-state index in [1.54, 1.807) is 18.2 Å². The third kappa shape index (κ3) is 3.06. The Morgan fingerprint density at radius 2 is 1.95 bits per heavy atom. The minimum absolute atomic E-state index is 0.247. The molecule has 98 valence electrons. The first-order chi connectivity index (χ1) is 9.02. The van der Waals surface area contributed by atoms with Crippen LogP contribution in [0.2, 0.25) is 5.02 Å². The van der Waals surface area contributed by atoms with Crippen LogP contribution in [0.1, 0.15) is 15.9 Å². The second-order valence-electron chi connectivity index (χ2n) is 3.80. The van der Waals surface area contributed by atoms with Crippen LogP contribution in [0.3, 0.4) is 0 Å². The summed E-state index contributed by atoms with van der Waals surface area (Å²) >= 11 is 7.83. The fourth-order valence-corrected chi connectivity index (χ4v) is 2.57. The van der Waals surface area contributed by atoms with Crippen LogP contribution in [-0.4, -0.2) is 12.9 Å². The summed E-state index contributed by atoms with van der Waals surface area (Å²) in [6.07, 6.45) is 0. The zero-order valence-corrected chi connectivity index (χ0v) is 12.8. The van der Waals surface area contributed by atoms with Crippen LogP contribution in [0.4, 0.5) is 4.39 Å². The molecule has 0 unspecified atom stereocenters. The van der Waals surface area contributed by atoms with Crippen LogP contribution in [-0.2, 0) is 0 Å². The van der Waals surface area contributed by atoms with Crippen molar-refractivity contribution in [1.82, 2.24) is 0 Å². The summed E-state index contributed by atoms with van der Waals surface area (Å²) in [4.78, 5) is 12.4. The molecule has 2 rings (SSSR count). The monoisotopic (exact) mass is 390 g/mol. The molecule has 0 saturated heterocycles. The van der Waals surface area contributed by atoms with E-state index in [9.17, 15) is 9.18 Å². The van der Waals surface area contributed by atoms with E-state index in [1.165, 1.54) is 25.3 Å². The molecule has 2 aromatic rings. The number of ether oxygens (including phenoxy) is 1. The Labute approximate surface area is 128 Å². The minimum Gasteiger partial charge on any atom is -0.496 e. The molecular formula is C14H9ClFIO2. The maximum Gasteiger partial charge on any atom is 0.197 e. The molecule has 0 fully saturated rings. The first-order valence-electron chi connectivity index (χ1n) is 5.36. The van der Waals surface area contributed by atoms with Crippen molar-refractivity contribution in [3.05, 3.63) is 61.9 Å². The van der Waals surface area contributed by atoms with E-state index in [-0.39, 0.29) is 11.6 Å². The van der Waals surface area contributed by atoms with Crippen molar-refractivity contribution in [3.63, 3.8) is 0 Å². The Morgan fingerprint density at radius 1 is 1.21 bits per heavy atom. The lowest BCUT2D eigenvalue weighted by Crippen LogP contribution is -2.06. The third-order valence-electron chi connectivity index (χ3n) is 2.58. The third-order valence-corrected chi connectivity index (χ3v) is 3.71. The lowest BCUT2D eigenvalue weighted by atomic mass is 10.0. The van der Waals surface area contributed by atoms with Gasteiger partial charge in [-0.05, 0) is 59.0 Å². The minimum atomic E-state index is -0.376. The summed E-state index contributed by atoms with van der Waals surface area (Å²) in [5.41, 5.74) is 0.780. The van der Waals surface area contributed by atoms with Gasteiger partial charge in [0, 0.05) is 14.2 Å². The van der Waals surface area contributed by atoms with Gasteiger partial charge in [0.15, 0.2) is 5.78 Å². The second-order valence-corrected chi connectivity index (χ2v) is 5.40. The van der Waals surface area contributed by atoms with Crippen molar-refractivity contribution >= 4 is 40.0 Å². The number of rotatable bonds is 3. The topological polar surface area (TPSA) is 26.3 Å². The number of hydrogen-bond acceptors (Lipinski definition) is 2. The molecule has 0 heterocycles. The lowest BCUT2D eigenvalue weighted by Gasteiger charge is -2.09. The number of carbonyl (C=O) groups is 1. The van der Waals surface area contributed by atoms with E-state index in [1.807, 2.05) is 22.6 Å². The molecule has 5 heteroatoms. The van der Waals surface area contributed by atoms with Gasteiger partial charge in [0.2, 0.25) is 0 Å². The summed E-state index contributed by atoms with van der Waals surface area (Å²) in [5.74, 6) is -0.183. The van der Waals surface area contributed by atoms with Gasteiger partial charge in [0.1, 0.15) is 11.6 Å². The van der Waals surface area contributed by atoms with Gasteiger partial charge in [-0.1, -0.05) is 11.6 Å². The molecule has 0 aliphatic carbocycles. The van der Waals surface area contributed by atoms with Crippen molar-refractivity contribution in [1.29, 1.82) is 0 Å². The van der Waals surface area contributed by atoms with Crippen molar-refractivity contribution in [2.45, 2.75) is 0 Å². The quantitative estimate of drug-likeness (QED) is 0.576. The van der Waals surface area contributed by atoms with Crippen molar-refractivity contribution in [2.24, 2.45) is 0 Å². The van der Waals surface area contributed by atoms with E-state index < -0.39 is 0 Å². The fraction of sp³-hybridized carbons (Fsp3) is 0.0714. The smallest absolute Gasteiger partial charge is 0.197 e. The van der Waals surface area contributed by atoms with Crippen LogP contribution in [0.25, 0.3) is 0 Å². The number of ketones is 1. The predicted octanol–water partition coefficient (Wildman–Crippen LogP) is 4.32. The Balaban J connectivity index is 2.52. The molecule has 2 aromatic carbocycles. The Morgan fingerprint density at radius 3 is 2.58 bits per heavy atom. The van der Waals surface area contributed by atoms with Gasteiger partial charge >= 0.3 is 0 Å². The van der Waals surface area contributed by atoms with Gasteiger partial charge in [0.05, 0.1) is 12.7 Å². The van der Waals surface area contributed by atoms with Crippen LogP contribution >= 0.6 is 34.2 Å². The Bertz CT molecular complexity index is 643. The van der Waals surface area contributed by atoms with Gasteiger partial charge in [-0.2, -0.15) is 0 Å². The summed E-state index contributed by atoms with van der Waals surface area (Å²) in [6, 6.07) is 8.85. The van der Waals surface area contributed by atoms with E-state index in [0.717, 1.165) is 0 Å². The first-order valence-corrected chi connectivity index (χ1v) is 6.82. The first kappa shape index (κ1) is 14.3. The normalized spacial score (nSPS) is 10.3. The van der Waals surface area contributed by atoms with Crippen molar-refractivity contribution in [2.75, 3.05) is 7.11 Å². The van der Waals surface area contributed by atoms with Crippen LogP contribution < -0.4 is 4.74 Å². The number of carbonyl (C=O) groups excluding carboxylic acids is 1. The highest BCUT2D eigenvalue weighted by Crippen LogP contribution is 2.27. The zero-order chi connectivity index (χ0) is 14.0. The molecule has 0 radical (unpaired) electrons. The molecule has 0 amide bonds. The molecule has 0 bridgehead atoms. The molecule has 0 atom stereocenters. The highest BCUT2D eigenvalue weighted by atomic mass is 127. The molecule has 0 aromatic heterocycles. The maximum absolute atomic E-state index is 13.1. The van der Waals surface area contributed by atoms with Crippen LogP contribution in [0.5, 0.6) is 5.75 Å². The van der Waals surface area contributed by atoms with Crippen molar-refractivity contribution in [3.8, 4) is 5.75 Å². The van der Waals surface area contributed by atoms with Gasteiger partial charge in [-0.25, -0.2) is 4.39 Å². The molecule has 0 saturated carbocycles. The highest BCUT2D eigenvalue weighted by Gasteiger charge is 2.17. The van der Waals surface area contributed by atoms with Gasteiger partial charge in [-0.15, -0.1) is 0 Å². The predicted molar refractivity (Wildman–Crippen MR) is 80.6 cm³/mol. The molecule has 0 N–H and O–H groups in total. The number of methoxy groups -OCH3 is 1. The Kier molecular flexibility index (Phi) is 4.42. The van der Waals surface area contributed by atoms with Crippen LogP contribution in [0.15, 0.2) is 36.4 Å². The van der Waals surface area contributed by atoms with E-state index in [0.29, 0.717) is 25.5 Å². The summed E-state index contributed by atoms with van der Waals surface area (Å²) < 4.78 is 18.8. The Hall–Kier alpha value is -1.14. The molecule has 19 heavy (non-hydrogen) atoms. The number of benzene rings is 2. The van der Waals surface area contributed by atoms with Gasteiger partial charge in [-0.3, -0.25) is 4.79 Å². The van der Waals surface area contributed by atoms with Gasteiger partial charge < -0.3 is 4.74 Å². The van der Waals surface area contributed by atoms with E-state index in [2.05, 4.69) is 0 Å². The largest absolute Gasteiger partial charge is 0.496 e. The number of hydrogen-bond donors (Lipinski definition) is 0. The summed E-state index contributed by atoms with van der Waals surface area (Å²) in [5, 5.41) is 0.446. The average Bonchev–Trinajstić information content (AvgIpc) is 2.38. The zero-order valence-electron chi connectivity index (χ0n) is 9.91. The molecule has 2 nitrogen and oxygen atoms in total. The standard InChI is InChI=1S/C14H9ClFIO2/c1-19-13-5-2-8(15)6-11(13)14(18)10-4-3-9(16)7-12(10)17/h2-7H,1H3. The van der Waals surface area contributed by atoms with Gasteiger partial charge in [0.25, 0.3) is 0 Å². The second kappa shape index (κ2) is 5.88. The van der Waals surface area contributed by atoms with Crippen LogP contribution in [0, 0.1) is 9.39 Å². The molecule has 0 spiro atoms. The lowest BCUT2D eigenvalue weighted by molar-refractivity contribution is 0.103. The molecule has 0 aliphatic rings. The average molecular weight is 391 g/mol. The van der Waals surface area contributed by atoms with E-state index in [4.69, 9.17) is 16.3 Å². The fourth-order valence-electron chi connectivity index (χ4n) is 1.68. The molecule has 0 aliphatic heterocycles. The summed E-state index contributed by atoms with van der Waals surface area (Å²) in [7, 11) is 1.48. The SMILES string of the molecule is COc1ccc(Cl)cc1C(=O)c1ccc(F)cc1I. The molecular weight excluding hydrogens is 382 g/mol. The summed E-state index contributed by atoms with van der Waals surface area (Å²) in [6.45, 7) is 0. The highest BCUT2D eigenvalue weighted by molar-refractivity contribution is 14.1. The maximum atomic E-state index is 13.1. The number of halogens is 3. The van der Waals surface area contributed by atoms with Crippen molar-refractivity contribution < 1.29 is 13.9 Å². The van der Waals surface area contributed by atoms with E-state index >= 15 is 0 Å².